The number of aldehydes is 1. The van der Waals surface area contributed by atoms with E-state index < -0.39 is 5.97 Å². The van der Waals surface area contributed by atoms with E-state index >= 15 is 0 Å². The molecule has 152 valence electrons. The van der Waals surface area contributed by atoms with E-state index in [4.69, 9.17) is 5.11 Å². The van der Waals surface area contributed by atoms with Crippen LogP contribution in [0.4, 0.5) is 5.69 Å². The molecule has 0 aliphatic rings. The topological polar surface area (TPSA) is 66.4 Å². The molecule has 1 aromatic carbocycles. The number of carboxylic acid groups (broad SMARTS) is 1. The number of unbranched alkanes of at least 4 members (excludes halogenated alkanes) is 12. The maximum atomic E-state index is 10.6. The lowest BCUT2D eigenvalue weighted by Gasteiger charge is -2.06. The number of nitrogens with one attached hydrogen (secondary N) is 1. The third kappa shape index (κ3) is 14.0. The van der Waals surface area contributed by atoms with Gasteiger partial charge >= 0.3 is 5.97 Å². The normalized spacial score (nSPS) is 10.7. The molecule has 0 aliphatic carbocycles. The number of carboxylic acids is 1. The maximum absolute atomic E-state index is 10.6. The molecule has 0 unspecified atom stereocenters. The van der Waals surface area contributed by atoms with Crippen LogP contribution in [0.3, 0.4) is 0 Å². The number of anilines is 1. The molecule has 0 atom stereocenters. The fourth-order valence-corrected chi connectivity index (χ4v) is 3.26. The molecule has 0 saturated heterocycles. The molecule has 0 amide bonds. The largest absolute Gasteiger partial charge is 0.481 e. The Morgan fingerprint density at radius 3 is 1.63 bits per heavy atom. The van der Waals surface area contributed by atoms with Crippen molar-refractivity contribution in [1.82, 2.24) is 0 Å². The van der Waals surface area contributed by atoms with Crippen LogP contribution in [0, 0.1) is 0 Å². The Morgan fingerprint density at radius 1 is 0.741 bits per heavy atom. The Balaban J connectivity index is 1.77. The van der Waals surface area contributed by atoms with Gasteiger partial charge in [0, 0.05) is 24.2 Å². The lowest BCUT2D eigenvalue weighted by molar-refractivity contribution is -0.137. The number of hydrogen-bond acceptors (Lipinski definition) is 3. The Bertz CT molecular complexity index is 499. The summed E-state index contributed by atoms with van der Waals surface area (Å²) >= 11 is 0. The van der Waals surface area contributed by atoms with Gasteiger partial charge in [0.2, 0.25) is 0 Å². The zero-order chi connectivity index (χ0) is 19.6. The van der Waals surface area contributed by atoms with Gasteiger partial charge in [-0.25, -0.2) is 0 Å². The summed E-state index contributed by atoms with van der Waals surface area (Å²) in [6.45, 7) is 0.993. The highest BCUT2D eigenvalue weighted by Gasteiger charge is 1.97. The number of benzene rings is 1. The molecule has 0 radical (unpaired) electrons. The number of carbonyl (C=O) groups is 2. The van der Waals surface area contributed by atoms with Crippen molar-refractivity contribution in [2.45, 2.75) is 89.9 Å². The molecule has 0 saturated carbocycles. The highest BCUT2D eigenvalue weighted by molar-refractivity contribution is 5.75. The van der Waals surface area contributed by atoms with Crippen molar-refractivity contribution in [1.29, 1.82) is 0 Å². The Labute approximate surface area is 164 Å². The lowest BCUT2D eigenvalue weighted by atomic mass is 10.0. The average molecular weight is 376 g/mol. The molecular weight excluding hydrogens is 338 g/mol. The molecule has 0 aliphatic heterocycles. The van der Waals surface area contributed by atoms with E-state index in [0.29, 0.717) is 6.42 Å². The summed E-state index contributed by atoms with van der Waals surface area (Å²) in [6, 6.07) is 7.60. The molecule has 0 fully saturated rings. The predicted molar refractivity (Wildman–Crippen MR) is 113 cm³/mol. The Hall–Kier alpha value is -1.84. The number of rotatable bonds is 18. The fraction of sp³-hybridized carbons (Fsp3) is 0.652. The van der Waals surface area contributed by atoms with E-state index in [0.717, 1.165) is 36.9 Å². The van der Waals surface area contributed by atoms with E-state index in [1.165, 1.54) is 70.6 Å². The van der Waals surface area contributed by atoms with Crippen LogP contribution < -0.4 is 5.32 Å². The summed E-state index contributed by atoms with van der Waals surface area (Å²) < 4.78 is 0. The molecule has 1 aromatic rings. The van der Waals surface area contributed by atoms with Crippen LogP contribution in [0.25, 0.3) is 0 Å². The van der Waals surface area contributed by atoms with Crippen LogP contribution >= 0.6 is 0 Å². The average Bonchev–Trinajstić information content (AvgIpc) is 2.68. The molecular formula is C23H37NO3. The van der Waals surface area contributed by atoms with E-state index in [-0.39, 0.29) is 0 Å². The van der Waals surface area contributed by atoms with Gasteiger partial charge in [-0.3, -0.25) is 9.59 Å². The number of hydrogen-bond donors (Lipinski definition) is 2. The van der Waals surface area contributed by atoms with Crippen molar-refractivity contribution in [2.75, 3.05) is 11.9 Å². The quantitative estimate of drug-likeness (QED) is 0.228. The third-order valence-corrected chi connectivity index (χ3v) is 4.94. The van der Waals surface area contributed by atoms with Crippen LogP contribution in [0.2, 0.25) is 0 Å². The van der Waals surface area contributed by atoms with Crippen LogP contribution in [0.15, 0.2) is 24.3 Å². The van der Waals surface area contributed by atoms with Crippen molar-refractivity contribution in [3.8, 4) is 0 Å². The van der Waals surface area contributed by atoms with Gasteiger partial charge < -0.3 is 10.4 Å². The third-order valence-electron chi connectivity index (χ3n) is 4.94. The zero-order valence-electron chi connectivity index (χ0n) is 16.8. The molecule has 4 heteroatoms. The Kier molecular flexibility index (Phi) is 14.0. The summed E-state index contributed by atoms with van der Waals surface area (Å²) in [5.74, 6) is -0.670. The van der Waals surface area contributed by atoms with Crippen molar-refractivity contribution >= 4 is 17.9 Å². The van der Waals surface area contributed by atoms with Gasteiger partial charge in [-0.05, 0) is 37.1 Å². The standard InChI is InChI=1S/C23H37NO3/c25-20-21-15-17-22(18-16-21)24-19-13-11-9-7-5-3-1-2-4-6-8-10-12-14-23(26)27/h15-18,20,24H,1-14,19H2,(H,26,27). The minimum absolute atomic E-state index is 0.324. The molecule has 0 bridgehead atoms. The van der Waals surface area contributed by atoms with Gasteiger partial charge in [0.25, 0.3) is 0 Å². The minimum atomic E-state index is -0.670. The van der Waals surface area contributed by atoms with E-state index in [1.54, 1.807) is 0 Å². The van der Waals surface area contributed by atoms with E-state index in [2.05, 4.69) is 5.32 Å². The monoisotopic (exact) mass is 375 g/mol. The molecule has 27 heavy (non-hydrogen) atoms. The van der Waals surface area contributed by atoms with Crippen LogP contribution in [0.5, 0.6) is 0 Å². The summed E-state index contributed by atoms with van der Waals surface area (Å²) in [7, 11) is 0. The molecule has 0 heterocycles. The van der Waals surface area contributed by atoms with Gasteiger partial charge in [-0.15, -0.1) is 0 Å². The maximum Gasteiger partial charge on any atom is 0.303 e. The van der Waals surface area contributed by atoms with Crippen LogP contribution in [-0.4, -0.2) is 23.9 Å². The van der Waals surface area contributed by atoms with E-state index in [9.17, 15) is 9.59 Å². The first kappa shape index (κ1) is 23.2. The van der Waals surface area contributed by atoms with Gasteiger partial charge in [0.05, 0.1) is 0 Å². The first-order valence-corrected chi connectivity index (χ1v) is 10.7. The predicted octanol–water partition coefficient (Wildman–Crippen LogP) is 6.46. The molecule has 0 spiro atoms. The van der Waals surface area contributed by atoms with Gasteiger partial charge in [-0.2, -0.15) is 0 Å². The van der Waals surface area contributed by atoms with Gasteiger partial charge in [0.1, 0.15) is 6.29 Å². The highest BCUT2D eigenvalue weighted by Crippen LogP contribution is 2.13. The van der Waals surface area contributed by atoms with Crippen molar-refractivity contribution in [3.05, 3.63) is 29.8 Å². The smallest absolute Gasteiger partial charge is 0.303 e. The number of aliphatic carboxylic acids is 1. The van der Waals surface area contributed by atoms with E-state index in [1.807, 2.05) is 24.3 Å². The molecule has 2 N–H and O–H groups in total. The van der Waals surface area contributed by atoms with Crippen LogP contribution in [0.1, 0.15) is 100 Å². The molecule has 1 rings (SSSR count). The van der Waals surface area contributed by atoms with Gasteiger partial charge in [-0.1, -0.05) is 70.6 Å². The Morgan fingerprint density at radius 2 is 1.19 bits per heavy atom. The second-order valence-electron chi connectivity index (χ2n) is 7.41. The highest BCUT2D eigenvalue weighted by atomic mass is 16.4. The molecule has 4 nitrogen and oxygen atoms in total. The van der Waals surface area contributed by atoms with Gasteiger partial charge in [0.15, 0.2) is 0 Å². The summed E-state index contributed by atoms with van der Waals surface area (Å²) in [5, 5.41) is 12.0. The van der Waals surface area contributed by atoms with Crippen molar-refractivity contribution < 1.29 is 14.7 Å². The second-order valence-corrected chi connectivity index (χ2v) is 7.41. The lowest BCUT2D eigenvalue weighted by Crippen LogP contribution is -2.01. The first-order chi connectivity index (χ1) is 13.2. The summed E-state index contributed by atoms with van der Waals surface area (Å²) in [4.78, 5) is 21.0. The van der Waals surface area contributed by atoms with Crippen molar-refractivity contribution in [2.24, 2.45) is 0 Å². The summed E-state index contributed by atoms with van der Waals surface area (Å²) in [5.41, 5.74) is 1.80. The molecule has 0 aromatic heterocycles. The fourth-order valence-electron chi connectivity index (χ4n) is 3.26. The second kappa shape index (κ2) is 16.3. The van der Waals surface area contributed by atoms with Crippen LogP contribution in [-0.2, 0) is 4.79 Å². The zero-order valence-corrected chi connectivity index (χ0v) is 16.8. The SMILES string of the molecule is O=Cc1ccc(NCCCCCCCCCCCCCCCC(=O)O)cc1. The number of carbonyl (C=O) groups excluding carboxylic acids is 1. The minimum Gasteiger partial charge on any atom is -0.481 e. The summed E-state index contributed by atoms with van der Waals surface area (Å²) in [6.07, 6.45) is 17.3. The van der Waals surface area contributed by atoms with Crippen molar-refractivity contribution in [3.63, 3.8) is 0 Å². The first-order valence-electron chi connectivity index (χ1n) is 10.7.